The molecule has 254 valence electrons. The Hall–Kier alpha value is -1.78. The fourth-order valence-corrected chi connectivity index (χ4v) is 2.14. The minimum atomic E-state index is -5.39. The average molecular weight is 740 g/mol. The smallest absolute Gasteiger partial charge is 0.822 e. The molecule has 29 heteroatoms. The molecular formula is C18H24Na3O25P. The summed E-state index contributed by atoms with van der Waals surface area (Å²) < 4.78 is 8.55. The molecule has 0 aromatic carbocycles. The maximum absolute atomic E-state index is 10.3. The van der Waals surface area contributed by atoms with Gasteiger partial charge in [0.15, 0.2) is 16.8 Å². The molecular weight excluding hydrogens is 716 g/mol. The summed E-state index contributed by atoms with van der Waals surface area (Å²) in [6, 6.07) is 0. The second-order valence-corrected chi connectivity index (χ2v) is 8.77. The number of rotatable bonds is 15. The first-order chi connectivity index (χ1) is 19.3. The summed E-state index contributed by atoms with van der Waals surface area (Å²) in [7, 11) is -5.39. The molecule has 0 aromatic heterocycles. The van der Waals surface area contributed by atoms with Gasteiger partial charge in [-0.1, -0.05) is 0 Å². The topological polar surface area (TPSA) is 483 Å². The molecule has 0 rings (SSSR count). The van der Waals surface area contributed by atoms with E-state index in [0.29, 0.717) is 0 Å². The van der Waals surface area contributed by atoms with Crippen LogP contribution in [0.2, 0.25) is 0 Å². The Morgan fingerprint density at radius 1 is 0.383 bits per heavy atom. The van der Waals surface area contributed by atoms with Gasteiger partial charge in [0, 0.05) is 0 Å². The molecule has 0 heterocycles. The van der Waals surface area contributed by atoms with Crippen molar-refractivity contribution in [3.05, 3.63) is 0 Å². The summed E-state index contributed by atoms with van der Waals surface area (Å²) in [6.45, 7) is 0. The van der Waals surface area contributed by atoms with Crippen molar-refractivity contribution in [2.24, 2.45) is 0 Å². The number of carboxylic acids is 9. The third-order valence-corrected chi connectivity index (χ3v) is 3.86. The van der Waals surface area contributed by atoms with Gasteiger partial charge >= 0.3 is 142 Å². The number of hydrogen-bond donors (Lipinski definition) is 12. The maximum atomic E-state index is 10.3. The fraction of sp³-hybridized carbons (Fsp3) is 0.500. The van der Waals surface area contributed by atoms with Gasteiger partial charge in [0.25, 0.3) is 0 Å². The van der Waals surface area contributed by atoms with Crippen molar-refractivity contribution in [1.29, 1.82) is 0 Å². The van der Waals surface area contributed by atoms with Crippen molar-refractivity contribution in [3.63, 3.8) is 0 Å². The standard InChI is InChI=1S/3C6H8O7.3Na.H3O4P/c3*7-3(8)1-6(13,5(11)12)2-4(9)10;;;;1-5(2,3)4/h3*13H,1-2H2,(H,7,8)(H,9,10)(H,11,12);;;;(H3,1,2,3,4)/q;;;3*+1;/p-3. The summed E-state index contributed by atoms with van der Waals surface area (Å²) in [5.74, 6) is -15.1. The van der Waals surface area contributed by atoms with Crippen LogP contribution in [0.1, 0.15) is 38.5 Å². The molecule has 0 atom stereocenters. The van der Waals surface area contributed by atoms with E-state index in [-0.39, 0.29) is 88.7 Å². The summed E-state index contributed by atoms with van der Waals surface area (Å²) in [6.07, 6.45) is -6.87. The van der Waals surface area contributed by atoms with E-state index in [1.54, 1.807) is 0 Å². The second kappa shape index (κ2) is 27.1. The van der Waals surface area contributed by atoms with E-state index in [1.807, 2.05) is 0 Å². The van der Waals surface area contributed by atoms with Crippen LogP contribution in [0.25, 0.3) is 0 Å². The summed E-state index contributed by atoms with van der Waals surface area (Å²) >= 11 is 0. The van der Waals surface area contributed by atoms with Gasteiger partial charge in [-0.05, 0) is 0 Å². The van der Waals surface area contributed by atoms with E-state index in [4.69, 9.17) is 80.5 Å². The minimum absolute atomic E-state index is 0. The number of aliphatic carboxylic acids is 9. The normalized spacial score (nSPS) is 10.3. The van der Waals surface area contributed by atoms with Gasteiger partial charge in [-0.25, -0.2) is 14.4 Å². The van der Waals surface area contributed by atoms with E-state index in [1.165, 1.54) is 0 Å². The number of aliphatic hydroxyl groups is 3. The molecule has 0 aliphatic heterocycles. The molecule has 0 saturated carbocycles. The average Bonchev–Trinajstić information content (AvgIpc) is 2.69. The van der Waals surface area contributed by atoms with E-state index in [2.05, 4.69) is 0 Å². The third-order valence-electron chi connectivity index (χ3n) is 3.86. The molecule has 0 radical (unpaired) electrons. The van der Waals surface area contributed by atoms with E-state index < -0.39 is 117 Å². The Bertz CT molecular complexity index is 968. The van der Waals surface area contributed by atoms with Gasteiger partial charge in [-0.2, -0.15) is 7.82 Å². The predicted octanol–water partition coefficient (Wildman–Crippen LogP) is -15.6. The Kier molecular flexibility index (Phi) is 34.9. The van der Waals surface area contributed by atoms with Crippen molar-refractivity contribution >= 4 is 61.5 Å². The molecule has 0 aliphatic rings. The maximum Gasteiger partial charge on any atom is 1.00 e. The quantitative estimate of drug-likeness (QED) is 0.0547. The van der Waals surface area contributed by atoms with Gasteiger partial charge < -0.3 is 80.5 Å². The summed E-state index contributed by atoms with van der Waals surface area (Å²) in [5, 5.41) is 101. The molecule has 47 heavy (non-hydrogen) atoms. The summed E-state index contributed by atoms with van der Waals surface area (Å²) in [5.41, 5.74) is -8.22. The molecule has 0 unspecified atom stereocenters. The van der Waals surface area contributed by atoms with Gasteiger partial charge in [-0.3, -0.25) is 28.8 Å². The Morgan fingerprint density at radius 2 is 0.468 bits per heavy atom. The molecule has 0 aliphatic carbocycles. The number of hydrogen-bond acceptors (Lipinski definition) is 16. The summed E-state index contributed by atoms with van der Waals surface area (Å²) in [4.78, 5) is 117. The monoisotopic (exact) mass is 740 g/mol. The van der Waals surface area contributed by atoms with Crippen LogP contribution in [0.5, 0.6) is 0 Å². The molecule has 0 fully saturated rings. The van der Waals surface area contributed by atoms with Crippen molar-refractivity contribution in [2.45, 2.75) is 55.3 Å². The number of carboxylic acid groups (broad SMARTS) is 9. The molecule has 25 nitrogen and oxygen atoms in total. The number of carbonyl (C=O) groups is 9. The zero-order chi connectivity index (χ0) is 36.4. The van der Waals surface area contributed by atoms with Crippen LogP contribution in [-0.2, 0) is 47.7 Å². The van der Waals surface area contributed by atoms with Crippen LogP contribution in [0.4, 0.5) is 0 Å². The van der Waals surface area contributed by atoms with Crippen LogP contribution >= 0.6 is 7.82 Å². The SMILES string of the molecule is O=C(O)CC(O)(CC(=O)O)C(=O)O.O=C(O)CC(O)(CC(=O)O)C(=O)O.O=C(O)CC(O)(CC(=O)O)C(=O)O.O=P([O-])([O-])[O-].[Na+].[Na+].[Na+]. The van der Waals surface area contributed by atoms with Crippen LogP contribution < -0.4 is 103 Å². The minimum Gasteiger partial charge on any atom is -0.822 e. The van der Waals surface area contributed by atoms with Crippen LogP contribution in [0.3, 0.4) is 0 Å². The van der Waals surface area contributed by atoms with Crippen LogP contribution in [0, 0.1) is 0 Å². The first-order valence-electron chi connectivity index (χ1n) is 10.2. The molecule has 12 N–H and O–H groups in total. The largest absolute Gasteiger partial charge is 1.00 e. The molecule has 0 spiro atoms. The van der Waals surface area contributed by atoms with Crippen LogP contribution in [-0.4, -0.2) is 132 Å². The van der Waals surface area contributed by atoms with Gasteiger partial charge in [0.1, 0.15) is 0 Å². The van der Waals surface area contributed by atoms with Crippen LogP contribution in [0.15, 0.2) is 0 Å². The van der Waals surface area contributed by atoms with Crippen molar-refractivity contribution in [3.8, 4) is 0 Å². The Balaban J connectivity index is -0.0000000923. The van der Waals surface area contributed by atoms with Crippen molar-refractivity contribution < 1.29 is 212 Å². The van der Waals surface area contributed by atoms with E-state index in [0.717, 1.165) is 0 Å². The van der Waals surface area contributed by atoms with Crippen molar-refractivity contribution in [1.82, 2.24) is 0 Å². The Labute approximate surface area is 326 Å². The van der Waals surface area contributed by atoms with Crippen molar-refractivity contribution in [2.75, 3.05) is 0 Å². The first kappa shape index (κ1) is 60.5. The molecule has 0 amide bonds. The van der Waals surface area contributed by atoms with E-state index >= 15 is 0 Å². The molecule has 0 saturated heterocycles. The zero-order valence-electron chi connectivity index (χ0n) is 24.4. The van der Waals surface area contributed by atoms with E-state index in [9.17, 15) is 43.2 Å². The molecule has 0 bridgehead atoms. The molecule has 0 aromatic rings. The first-order valence-corrected chi connectivity index (χ1v) is 11.7. The number of phosphoric acid groups is 1. The Morgan fingerprint density at radius 3 is 0.511 bits per heavy atom. The zero-order valence-corrected chi connectivity index (χ0v) is 31.3. The van der Waals surface area contributed by atoms with Gasteiger partial charge in [-0.15, -0.1) is 0 Å². The second-order valence-electron chi connectivity index (χ2n) is 7.88. The fourth-order valence-electron chi connectivity index (χ4n) is 2.14. The van der Waals surface area contributed by atoms with Gasteiger partial charge in [0.2, 0.25) is 0 Å². The third kappa shape index (κ3) is 36.9. The predicted molar refractivity (Wildman–Crippen MR) is 119 cm³/mol. The van der Waals surface area contributed by atoms with Gasteiger partial charge in [0.05, 0.1) is 38.5 Å².